The maximum Gasteiger partial charge on any atom is 0.131 e. The average Bonchev–Trinajstić information content (AvgIpc) is 2.66. The molecule has 0 aliphatic heterocycles. The highest BCUT2D eigenvalue weighted by atomic mass is 35.5. The molecular formula is C15H20ClN3. The summed E-state index contributed by atoms with van der Waals surface area (Å²) in [5, 5.41) is 8.61. The number of rotatable bonds is 5. The number of halogens is 1. The van der Waals surface area contributed by atoms with Gasteiger partial charge in [0.15, 0.2) is 0 Å². The Morgan fingerprint density at radius 2 is 2.00 bits per heavy atom. The Bertz CT molecular complexity index is 534. The zero-order chi connectivity index (χ0) is 13.8. The maximum atomic E-state index is 6.25. The zero-order valence-corrected chi connectivity index (χ0v) is 12.4. The van der Waals surface area contributed by atoms with Crippen molar-refractivity contribution in [3.05, 3.63) is 52.3 Å². The molecule has 0 radical (unpaired) electrons. The quantitative estimate of drug-likeness (QED) is 0.905. The van der Waals surface area contributed by atoms with Gasteiger partial charge in [-0.15, -0.1) is 0 Å². The van der Waals surface area contributed by atoms with Gasteiger partial charge in [-0.1, -0.05) is 48.9 Å². The van der Waals surface area contributed by atoms with Crippen LogP contribution in [0.1, 0.15) is 36.2 Å². The van der Waals surface area contributed by atoms with Crippen LogP contribution < -0.4 is 5.32 Å². The molecule has 1 aromatic heterocycles. The summed E-state index contributed by atoms with van der Waals surface area (Å²) < 4.78 is 1.72. The van der Waals surface area contributed by atoms with Gasteiger partial charge in [-0.05, 0) is 18.9 Å². The highest BCUT2D eigenvalue weighted by molar-refractivity contribution is 6.30. The van der Waals surface area contributed by atoms with E-state index >= 15 is 0 Å². The van der Waals surface area contributed by atoms with Crippen molar-refractivity contribution in [1.29, 1.82) is 0 Å². The molecule has 0 saturated heterocycles. The van der Waals surface area contributed by atoms with Gasteiger partial charge in [0.25, 0.3) is 0 Å². The van der Waals surface area contributed by atoms with E-state index in [0.717, 1.165) is 24.2 Å². The molecule has 1 aromatic carbocycles. The second-order valence-corrected chi connectivity index (χ2v) is 5.09. The first-order chi connectivity index (χ1) is 9.13. The van der Waals surface area contributed by atoms with Crippen LogP contribution in [0.2, 0.25) is 5.15 Å². The van der Waals surface area contributed by atoms with E-state index in [1.54, 1.807) is 4.68 Å². The molecule has 0 amide bonds. The summed E-state index contributed by atoms with van der Waals surface area (Å²) >= 11 is 6.25. The Morgan fingerprint density at radius 1 is 1.32 bits per heavy atom. The summed E-state index contributed by atoms with van der Waals surface area (Å²) in [5.74, 6) is 0. The van der Waals surface area contributed by atoms with Gasteiger partial charge >= 0.3 is 0 Å². The molecule has 0 spiro atoms. The van der Waals surface area contributed by atoms with E-state index < -0.39 is 0 Å². The Kier molecular flexibility index (Phi) is 4.61. The van der Waals surface area contributed by atoms with Crippen molar-refractivity contribution in [3.8, 4) is 0 Å². The predicted molar refractivity (Wildman–Crippen MR) is 79.3 cm³/mol. The number of nitrogens with zero attached hydrogens (tertiary/aromatic N) is 2. The molecule has 3 nitrogen and oxygen atoms in total. The minimum atomic E-state index is 0.344. The summed E-state index contributed by atoms with van der Waals surface area (Å²) in [4.78, 5) is 0. The summed E-state index contributed by atoms with van der Waals surface area (Å²) in [5.41, 5.74) is 3.38. The van der Waals surface area contributed by atoms with Crippen LogP contribution in [0.5, 0.6) is 0 Å². The number of benzene rings is 1. The molecule has 19 heavy (non-hydrogen) atoms. The van der Waals surface area contributed by atoms with Crippen molar-refractivity contribution >= 4 is 11.6 Å². The largest absolute Gasteiger partial charge is 0.306 e. The average molecular weight is 278 g/mol. The fraction of sp³-hybridized carbons (Fsp3) is 0.400. The third-order valence-corrected chi connectivity index (χ3v) is 3.88. The van der Waals surface area contributed by atoms with Gasteiger partial charge in [0.2, 0.25) is 0 Å². The van der Waals surface area contributed by atoms with Crippen LogP contribution in [0, 0.1) is 6.92 Å². The van der Waals surface area contributed by atoms with E-state index in [2.05, 4.69) is 41.6 Å². The van der Waals surface area contributed by atoms with Gasteiger partial charge in [0, 0.05) is 25.2 Å². The van der Waals surface area contributed by atoms with E-state index in [-0.39, 0.29) is 0 Å². The molecule has 0 saturated carbocycles. The summed E-state index contributed by atoms with van der Waals surface area (Å²) in [6.45, 7) is 4.92. The molecule has 1 unspecified atom stereocenters. The minimum Gasteiger partial charge on any atom is -0.306 e. The van der Waals surface area contributed by atoms with E-state index in [1.165, 1.54) is 5.56 Å². The summed E-state index contributed by atoms with van der Waals surface area (Å²) in [6, 6.07) is 10.8. The number of aromatic nitrogens is 2. The molecule has 0 bridgehead atoms. The monoisotopic (exact) mass is 277 g/mol. The topological polar surface area (TPSA) is 29.9 Å². The lowest BCUT2D eigenvalue weighted by atomic mass is 10.0. The number of aryl methyl sites for hydroxylation is 2. The first kappa shape index (κ1) is 14.1. The molecule has 102 valence electrons. The predicted octanol–water partition coefficient (Wildman–Crippen LogP) is 3.62. The number of hydrogen-bond donors (Lipinski definition) is 1. The molecule has 1 atom stereocenters. The van der Waals surface area contributed by atoms with Crippen LogP contribution in [0.15, 0.2) is 30.3 Å². The van der Waals surface area contributed by atoms with Crippen LogP contribution in [-0.2, 0) is 13.6 Å². The van der Waals surface area contributed by atoms with E-state index in [0.29, 0.717) is 11.2 Å². The van der Waals surface area contributed by atoms with Crippen molar-refractivity contribution in [3.63, 3.8) is 0 Å². The lowest BCUT2D eigenvalue weighted by molar-refractivity contribution is 0.518. The number of nitrogens with one attached hydrogen (secondary N) is 1. The van der Waals surface area contributed by atoms with Crippen molar-refractivity contribution in [2.24, 2.45) is 7.05 Å². The molecular weight excluding hydrogens is 258 g/mol. The lowest BCUT2D eigenvalue weighted by Gasteiger charge is -2.17. The molecule has 0 fully saturated rings. The Morgan fingerprint density at radius 3 is 2.53 bits per heavy atom. The Hall–Kier alpha value is -1.32. The highest BCUT2D eigenvalue weighted by Gasteiger charge is 2.13. The molecule has 0 aliphatic rings. The molecule has 4 heteroatoms. The molecule has 2 aromatic rings. The van der Waals surface area contributed by atoms with Crippen LogP contribution in [-0.4, -0.2) is 9.78 Å². The van der Waals surface area contributed by atoms with Gasteiger partial charge in [0.1, 0.15) is 5.15 Å². The van der Waals surface area contributed by atoms with Gasteiger partial charge in [0.05, 0.1) is 5.69 Å². The van der Waals surface area contributed by atoms with Crippen LogP contribution in [0.3, 0.4) is 0 Å². The Balaban J connectivity index is 2.08. The lowest BCUT2D eigenvalue weighted by Crippen LogP contribution is -2.20. The first-order valence-corrected chi connectivity index (χ1v) is 6.97. The van der Waals surface area contributed by atoms with Crippen LogP contribution in [0.4, 0.5) is 0 Å². The minimum absolute atomic E-state index is 0.344. The second kappa shape index (κ2) is 6.22. The first-order valence-electron chi connectivity index (χ1n) is 6.59. The van der Waals surface area contributed by atoms with Crippen molar-refractivity contribution in [2.45, 2.75) is 32.9 Å². The standard InChI is InChI=1S/C15H20ClN3/c1-4-14(12-8-6-5-7-9-12)17-10-13-11(2)18-19(3)15(13)16/h5-9,14,17H,4,10H2,1-3H3. The smallest absolute Gasteiger partial charge is 0.131 e. The van der Waals surface area contributed by atoms with Crippen molar-refractivity contribution in [1.82, 2.24) is 15.1 Å². The second-order valence-electron chi connectivity index (χ2n) is 4.73. The third-order valence-electron chi connectivity index (χ3n) is 3.41. The normalized spacial score (nSPS) is 12.6. The fourth-order valence-electron chi connectivity index (χ4n) is 2.28. The zero-order valence-electron chi connectivity index (χ0n) is 11.7. The summed E-state index contributed by atoms with van der Waals surface area (Å²) in [6.07, 6.45) is 1.04. The molecule has 0 aliphatic carbocycles. The van der Waals surface area contributed by atoms with Gasteiger partial charge in [-0.2, -0.15) is 5.10 Å². The SMILES string of the molecule is CCC(NCc1c(C)nn(C)c1Cl)c1ccccc1. The van der Waals surface area contributed by atoms with Crippen molar-refractivity contribution < 1.29 is 0 Å². The van der Waals surface area contributed by atoms with Gasteiger partial charge in [-0.3, -0.25) is 4.68 Å². The van der Waals surface area contributed by atoms with E-state index in [1.807, 2.05) is 20.0 Å². The fourth-order valence-corrected chi connectivity index (χ4v) is 2.52. The summed E-state index contributed by atoms with van der Waals surface area (Å²) in [7, 11) is 1.87. The molecule has 1 heterocycles. The molecule has 2 rings (SSSR count). The molecule has 1 N–H and O–H groups in total. The number of hydrogen-bond acceptors (Lipinski definition) is 2. The maximum absolute atomic E-state index is 6.25. The van der Waals surface area contributed by atoms with Crippen LogP contribution >= 0.6 is 11.6 Å². The van der Waals surface area contributed by atoms with Gasteiger partial charge < -0.3 is 5.32 Å². The van der Waals surface area contributed by atoms with Crippen LogP contribution in [0.25, 0.3) is 0 Å². The van der Waals surface area contributed by atoms with E-state index in [9.17, 15) is 0 Å². The third kappa shape index (κ3) is 3.17. The van der Waals surface area contributed by atoms with Gasteiger partial charge in [-0.25, -0.2) is 0 Å². The Labute approximate surface area is 119 Å². The van der Waals surface area contributed by atoms with Crippen molar-refractivity contribution in [2.75, 3.05) is 0 Å². The highest BCUT2D eigenvalue weighted by Crippen LogP contribution is 2.21. The van der Waals surface area contributed by atoms with E-state index in [4.69, 9.17) is 11.6 Å².